The largest absolute Gasteiger partial charge is 0.483 e. The fraction of sp³-hybridized carbons (Fsp3) is 0.385. The van der Waals surface area contributed by atoms with E-state index in [1.807, 2.05) is 18.2 Å². The summed E-state index contributed by atoms with van der Waals surface area (Å²) < 4.78 is 6.13. The number of halogens is 1. The minimum atomic E-state index is -0.870. The number of carboxylic acids is 1. The van der Waals surface area contributed by atoms with E-state index in [1.54, 1.807) is 13.0 Å². The van der Waals surface area contributed by atoms with Gasteiger partial charge in [-0.15, -0.1) is 0 Å². The molecule has 0 bridgehead atoms. The summed E-state index contributed by atoms with van der Waals surface area (Å²) in [4.78, 5) is 22.0. The Labute approximate surface area is 120 Å². The van der Waals surface area contributed by atoms with E-state index in [4.69, 9.17) is 9.84 Å². The first-order valence-electron chi connectivity index (χ1n) is 5.87. The lowest BCUT2D eigenvalue weighted by Gasteiger charge is -2.13. The number of carbonyl (C=O) groups excluding carboxylic acids is 1. The highest BCUT2D eigenvalue weighted by Gasteiger charge is 2.10. The molecule has 104 valence electrons. The maximum absolute atomic E-state index is 11.6. The molecule has 0 aromatic heterocycles. The highest BCUT2D eigenvalue weighted by atomic mass is 79.9. The molecule has 0 fully saturated rings. The summed E-state index contributed by atoms with van der Waals surface area (Å²) in [5.41, 5.74) is 0. The SMILES string of the molecule is CC(CCC(=O)O)NC(=O)COc1ccccc1Br. The van der Waals surface area contributed by atoms with Crippen LogP contribution < -0.4 is 10.1 Å². The second-order valence-corrected chi connectivity index (χ2v) is 4.97. The quantitative estimate of drug-likeness (QED) is 0.804. The standard InChI is InChI=1S/C13H16BrNO4/c1-9(6-7-13(17)18)15-12(16)8-19-11-5-3-2-4-10(11)14/h2-5,9H,6-8H2,1H3,(H,15,16)(H,17,18). The lowest BCUT2D eigenvalue weighted by atomic mass is 10.2. The normalized spacial score (nSPS) is 11.7. The Morgan fingerprint density at radius 1 is 1.42 bits per heavy atom. The van der Waals surface area contributed by atoms with Gasteiger partial charge in [-0.1, -0.05) is 12.1 Å². The van der Waals surface area contributed by atoms with Crippen LogP contribution in [0.4, 0.5) is 0 Å². The van der Waals surface area contributed by atoms with Crippen molar-refractivity contribution in [1.82, 2.24) is 5.32 Å². The van der Waals surface area contributed by atoms with Gasteiger partial charge in [0.25, 0.3) is 5.91 Å². The van der Waals surface area contributed by atoms with Gasteiger partial charge >= 0.3 is 5.97 Å². The van der Waals surface area contributed by atoms with E-state index in [-0.39, 0.29) is 25.0 Å². The van der Waals surface area contributed by atoms with Gasteiger partial charge in [-0.25, -0.2) is 0 Å². The zero-order chi connectivity index (χ0) is 14.3. The zero-order valence-corrected chi connectivity index (χ0v) is 12.1. The van der Waals surface area contributed by atoms with Gasteiger partial charge in [-0.2, -0.15) is 0 Å². The first-order chi connectivity index (χ1) is 8.99. The Balaban J connectivity index is 2.32. The Morgan fingerprint density at radius 3 is 2.74 bits per heavy atom. The Hall–Kier alpha value is -1.56. The van der Waals surface area contributed by atoms with Crippen molar-refractivity contribution in [1.29, 1.82) is 0 Å². The zero-order valence-electron chi connectivity index (χ0n) is 10.6. The molecule has 0 saturated carbocycles. The van der Waals surface area contributed by atoms with Crippen molar-refractivity contribution in [3.63, 3.8) is 0 Å². The number of amides is 1. The second-order valence-electron chi connectivity index (χ2n) is 4.12. The monoisotopic (exact) mass is 329 g/mol. The molecule has 1 unspecified atom stereocenters. The number of hydrogen-bond donors (Lipinski definition) is 2. The van der Waals surface area contributed by atoms with E-state index in [0.717, 1.165) is 4.47 Å². The minimum absolute atomic E-state index is 0.0343. The first kappa shape index (κ1) is 15.5. The molecule has 0 aliphatic heterocycles. The van der Waals surface area contributed by atoms with Crippen molar-refractivity contribution < 1.29 is 19.4 Å². The number of ether oxygens (including phenoxy) is 1. The van der Waals surface area contributed by atoms with Crippen LogP contribution in [0.2, 0.25) is 0 Å². The predicted octanol–water partition coefficient (Wildman–Crippen LogP) is 2.20. The predicted molar refractivity (Wildman–Crippen MR) is 74.1 cm³/mol. The van der Waals surface area contributed by atoms with E-state index in [2.05, 4.69) is 21.2 Å². The molecule has 0 saturated heterocycles. The Kier molecular flexibility index (Phi) is 6.35. The molecule has 1 amide bonds. The summed E-state index contributed by atoms with van der Waals surface area (Å²) in [6.45, 7) is 1.67. The Bertz CT molecular complexity index is 450. The van der Waals surface area contributed by atoms with Crippen LogP contribution in [0.15, 0.2) is 28.7 Å². The summed E-state index contributed by atoms with van der Waals surface area (Å²) in [5, 5.41) is 11.2. The van der Waals surface area contributed by atoms with Crippen LogP contribution in [0, 0.1) is 0 Å². The van der Waals surface area contributed by atoms with Crippen molar-refractivity contribution in [2.45, 2.75) is 25.8 Å². The maximum atomic E-state index is 11.6. The number of benzene rings is 1. The Morgan fingerprint density at radius 2 is 2.11 bits per heavy atom. The van der Waals surface area contributed by atoms with Crippen LogP contribution in [0.5, 0.6) is 5.75 Å². The van der Waals surface area contributed by atoms with Gasteiger partial charge < -0.3 is 15.2 Å². The van der Waals surface area contributed by atoms with Crippen LogP contribution >= 0.6 is 15.9 Å². The van der Waals surface area contributed by atoms with Crippen LogP contribution in [-0.4, -0.2) is 29.6 Å². The molecular formula is C13H16BrNO4. The van der Waals surface area contributed by atoms with Gasteiger partial charge in [0.15, 0.2) is 6.61 Å². The van der Waals surface area contributed by atoms with E-state index < -0.39 is 5.97 Å². The van der Waals surface area contributed by atoms with Gasteiger partial charge in [0.05, 0.1) is 4.47 Å². The molecule has 1 atom stereocenters. The summed E-state index contributed by atoms with van der Waals surface area (Å²) >= 11 is 3.32. The van der Waals surface area contributed by atoms with E-state index in [1.165, 1.54) is 0 Å². The number of rotatable bonds is 7. The molecule has 0 aliphatic rings. The molecule has 0 radical (unpaired) electrons. The average Bonchev–Trinajstić information content (AvgIpc) is 2.35. The summed E-state index contributed by atoms with van der Waals surface area (Å²) in [6, 6.07) is 7.05. The highest BCUT2D eigenvalue weighted by Crippen LogP contribution is 2.23. The molecule has 0 spiro atoms. The highest BCUT2D eigenvalue weighted by molar-refractivity contribution is 9.10. The molecular weight excluding hydrogens is 314 g/mol. The number of para-hydroxylation sites is 1. The van der Waals surface area contributed by atoms with E-state index in [9.17, 15) is 9.59 Å². The van der Waals surface area contributed by atoms with Crippen molar-refractivity contribution in [2.24, 2.45) is 0 Å². The average molecular weight is 330 g/mol. The lowest BCUT2D eigenvalue weighted by molar-refractivity contribution is -0.137. The van der Waals surface area contributed by atoms with Crippen molar-refractivity contribution >= 4 is 27.8 Å². The minimum Gasteiger partial charge on any atom is -0.483 e. The molecule has 19 heavy (non-hydrogen) atoms. The first-order valence-corrected chi connectivity index (χ1v) is 6.67. The molecule has 1 aromatic carbocycles. The molecule has 1 rings (SSSR count). The van der Waals surface area contributed by atoms with Gasteiger partial charge in [0, 0.05) is 12.5 Å². The smallest absolute Gasteiger partial charge is 0.303 e. The molecule has 2 N–H and O–H groups in total. The fourth-order valence-corrected chi connectivity index (χ4v) is 1.83. The van der Waals surface area contributed by atoms with Crippen molar-refractivity contribution in [3.05, 3.63) is 28.7 Å². The summed E-state index contributed by atoms with van der Waals surface area (Å²) in [7, 11) is 0. The molecule has 0 heterocycles. The van der Waals surface area contributed by atoms with Crippen LogP contribution in [0.25, 0.3) is 0 Å². The number of aliphatic carboxylic acids is 1. The fourth-order valence-electron chi connectivity index (χ4n) is 1.43. The summed E-state index contributed by atoms with van der Waals surface area (Å²) in [5.74, 6) is -0.546. The van der Waals surface area contributed by atoms with Gasteiger partial charge in [0.1, 0.15) is 5.75 Å². The lowest BCUT2D eigenvalue weighted by Crippen LogP contribution is -2.36. The second kappa shape index (κ2) is 7.78. The number of hydrogen-bond acceptors (Lipinski definition) is 3. The van der Waals surface area contributed by atoms with E-state index >= 15 is 0 Å². The van der Waals surface area contributed by atoms with Crippen LogP contribution in [-0.2, 0) is 9.59 Å². The van der Waals surface area contributed by atoms with Crippen molar-refractivity contribution in [3.8, 4) is 5.75 Å². The number of carboxylic acid groups (broad SMARTS) is 1. The van der Waals surface area contributed by atoms with Gasteiger partial charge in [0.2, 0.25) is 0 Å². The van der Waals surface area contributed by atoms with Gasteiger partial charge in [-0.3, -0.25) is 9.59 Å². The van der Waals surface area contributed by atoms with Crippen LogP contribution in [0.3, 0.4) is 0 Å². The molecule has 6 heteroatoms. The maximum Gasteiger partial charge on any atom is 0.303 e. The third kappa shape index (κ3) is 6.24. The van der Waals surface area contributed by atoms with Gasteiger partial charge in [-0.05, 0) is 41.4 Å². The topological polar surface area (TPSA) is 75.6 Å². The van der Waals surface area contributed by atoms with Crippen LogP contribution in [0.1, 0.15) is 19.8 Å². The van der Waals surface area contributed by atoms with E-state index in [0.29, 0.717) is 12.2 Å². The molecule has 5 nitrogen and oxygen atoms in total. The third-order valence-electron chi connectivity index (χ3n) is 2.39. The van der Waals surface area contributed by atoms with Crippen molar-refractivity contribution in [2.75, 3.05) is 6.61 Å². The number of nitrogens with one attached hydrogen (secondary N) is 1. The summed E-state index contributed by atoms with van der Waals surface area (Å²) in [6.07, 6.45) is 0.433. The third-order valence-corrected chi connectivity index (χ3v) is 3.05. The number of carbonyl (C=O) groups is 2. The molecule has 0 aliphatic carbocycles. The molecule has 1 aromatic rings.